The average molecular weight is 433 g/mol. The van der Waals surface area contributed by atoms with Gasteiger partial charge in [-0.1, -0.05) is 11.6 Å². The lowest BCUT2D eigenvalue weighted by atomic mass is 10.3. The molecule has 1 heterocycles. The van der Waals surface area contributed by atoms with E-state index in [0.717, 1.165) is 17.0 Å². The summed E-state index contributed by atoms with van der Waals surface area (Å²) in [4.78, 5) is 4.11. The Morgan fingerprint density at radius 3 is 2.48 bits per heavy atom. The number of rotatable bonds is 8. The number of methoxy groups -OCH3 is 2. The van der Waals surface area contributed by atoms with Gasteiger partial charge in [0.25, 0.3) is 0 Å². The maximum absolute atomic E-state index is 12.1. The predicted molar refractivity (Wildman–Crippen MR) is 109 cm³/mol. The van der Waals surface area contributed by atoms with Gasteiger partial charge in [0, 0.05) is 31.9 Å². The van der Waals surface area contributed by atoms with Crippen molar-refractivity contribution in [2.45, 2.75) is 4.21 Å². The maximum Gasteiger partial charge on any atom is 0.250 e. The number of nitrogens with zero attached hydrogens (tertiary/aromatic N) is 1. The first kappa shape index (κ1) is 21.3. The molecule has 8 nitrogen and oxygen atoms in total. The van der Waals surface area contributed by atoms with Crippen molar-refractivity contribution in [1.29, 1.82) is 0 Å². The number of nitrogens with one attached hydrogen (secondary N) is 3. The van der Waals surface area contributed by atoms with Gasteiger partial charge in [-0.3, -0.25) is 4.99 Å². The van der Waals surface area contributed by atoms with Crippen LogP contribution in [0.3, 0.4) is 0 Å². The van der Waals surface area contributed by atoms with E-state index in [-0.39, 0.29) is 10.8 Å². The molecule has 0 amide bonds. The number of halogens is 1. The zero-order valence-corrected chi connectivity index (χ0v) is 17.5. The fourth-order valence-electron chi connectivity index (χ4n) is 2.11. The van der Waals surface area contributed by atoms with E-state index in [1.165, 1.54) is 6.07 Å². The molecule has 3 N–H and O–H groups in total. The second-order valence-corrected chi connectivity index (χ2v) is 8.86. The Labute approximate surface area is 167 Å². The molecular formula is C16H21ClN4O4S2. The molecular weight excluding hydrogens is 412 g/mol. The molecule has 1 aromatic heterocycles. The number of sulfonamides is 1. The fourth-order valence-corrected chi connectivity index (χ4v) is 4.67. The minimum atomic E-state index is -3.57. The number of hydrogen-bond donors (Lipinski definition) is 3. The van der Waals surface area contributed by atoms with Crippen LogP contribution in [0.25, 0.3) is 0 Å². The number of anilines is 1. The van der Waals surface area contributed by atoms with Crippen LogP contribution in [0.1, 0.15) is 0 Å². The van der Waals surface area contributed by atoms with Gasteiger partial charge in [-0.05, 0) is 24.3 Å². The molecule has 0 radical (unpaired) electrons. The van der Waals surface area contributed by atoms with Crippen LogP contribution in [0, 0.1) is 0 Å². The SMILES string of the molecule is CN=C(NCCNS(=O)(=O)c1ccc(Cl)s1)Nc1ccc(OC)c(OC)c1. The zero-order valence-electron chi connectivity index (χ0n) is 15.1. The smallest absolute Gasteiger partial charge is 0.250 e. The van der Waals surface area contributed by atoms with Crippen molar-refractivity contribution in [3.8, 4) is 11.5 Å². The van der Waals surface area contributed by atoms with Crippen LogP contribution in [0.5, 0.6) is 11.5 Å². The molecule has 0 aliphatic heterocycles. The maximum atomic E-state index is 12.1. The summed E-state index contributed by atoms with van der Waals surface area (Å²) in [6.45, 7) is 0.524. The van der Waals surface area contributed by atoms with Gasteiger partial charge in [-0.2, -0.15) is 0 Å². The van der Waals surface area contributed by atoms with Gasteiger partial charge in [0.1, 0.15) is 4.21 Å². The summed E-state index contributed by atoms with van der Waals surface area (Å²) in [5.74, 6) is 1.69. The van der Waals surface area contributed by atoms with Crippen molar-refractivity contribution in [2.24, 2.45) is 4.99 Å². The third-order valence-electron chi connectivity index (χ3n) is 3.39. The second kappa shape index (κ2) is 9.79. The van der Waals surface area contributed by atoms with E-state index in [2.05, 4.69) is 20.3 Å². The Bertz CT molecular complexity index is 900. The van der Waals surface area contributed by atoms with Crippen molar-refractivity contribution < 1.29 is 17.9 Å². The zero-order chi connectivity index (χ0) is 19.9. The Morgan fingerprint density at radius 1 is 1.15 bits per heavy atom. The van der Waals surface area contributed by atoms with E-state index in [9.17, 15) is 8.42 Å². The van der Waals surface area contributed by atoms with Crippen LogP contribution in [0.15, 0.2) is 39.5 Å². The summed E-state index contributed by atoms with van der Waals surface area (Å²) in [7, 11) is 1.18. The van der Waals surface area contributed by atoms with Gasteiger partial charge in [0.2, 0.25) is 10.0 Å². The molecule has 0 saturated heterocycles. The molecule has 0 aliphatic carbocycles. The second-order valence-electron chi connectivity index (χ2n) is 5.15. The number of ether oxygens (including phenoxy) is 2. The third-order valence-corrected chi connectivity index (χ3v) is 6.58. The molecule has 2 rings (SSSR count). The number of guanidine groups is 1. The van der Waals surface area contributed by atoms with E-state index in [4.69, 9.17) is 21.1 Å². The standard InChI is InChI=1S/C16H21ClN4O4S2/c1-18-16(21-11-4-5-12(24-2)13(10-11)25-3)19-8-9-20-27(22,23)15-7-6-14(17)26-15/h4-7,10,20H,8-9H2,1-3H3,(H2,18,19,21). The Hall–Kier alpha value is -2.01. The molecule has 0 aliphatic rings. The largest absolute Gasteiger partial charge is 0.493 e. The molecule has 2 aromatic rings. The van der Waals surface area contributed by atoms with Crippen LogP contribution in [-0.2, 0) is 10.0 Å². The van der Waals surface area contributed by atoms with E-state index >= 15 is 0 Å². The normalized spacial score (nSPS) is 11.9. The van der Waals surface area contributed by atoms with Crippen LogP contribution in [0.4, 0.5) is 5.69 Å². The van der Waals surface area contributed by atoms with E-state index in [1.807, 2.05) is 6.07 Å². The summed E-state index contributed by atoms with van der Waals surface area (Å²) >= 11 is 6.79. The minimum absolute atomic E-state index is 0.181. The molecule has 0 atom stereocenters. The molecule has 1 aromatic carbocycles. The Kier molecular flexibility index (Phi) is 7.72. The average Bonchev–Trinajstić information content (AvgIpc) is 3.11. The molecule has 0 unspecified atom stereocenters. The summed E-state index contributed by atoms with van der Waals surface area (Å²) < 4.78 is 37.8. The lowest BCUT2D eigenvalue weighted by Gasteiger charge is -2.14. The highest BCUT2D eigenvalue weighted by molar-refractivity contribution is 7.91. The van der Waals surface area contributed by atoms with E-state index in [1.54, 1.807) is 39.5 Å². The van der Waals surface area contributed by atoms with E-state index < -0.39 is 10.0 Å². The van der Waals surface area contributed by atoms with Gasteiger partial charge in [-0.15, -0.1) is 11.3 Å². The summed E-state index contributed by atoms with van der Waals surface area (Å²) in [6.07, 6.45) is 0. The van der Waals surface area contributed by atoms with Gasteiger partial charge >= 0.3 is 0 Å². The summed E-state index contributed by atoms with van der Waals surface area (Å²) in [5.41, 5.74) is 0.745. The highest BCUT2D eigenvalue weighted by Crippen LogP contribution is 2.29. The minimum Gasteiger partial charge on any atom is -0.493 e. The topological polar surface area (TPSA) is 101 Å². The molecule has 0 spiro atoms. The van der Waals surface area contributed by atoms with Crippen LogP contribution >= 0.6 is 22.9 Å². The van der Waals surface area contributed by atoms with Crippen molar-refractivity contribution in [3.63, 3.8) is 0 Å². The number of thiophene rings is 1. The van der Waals surface area contributed by atoms with Crippen molar-refractivity contribution in [3.05, 3.63) is 34.7 Å². The predicted octanol–water partition coefficient (Wildman–Crippen LogP) is 2.38. The summed E-state index contributed by atoms with van der Waals surface area (Å²) in [6, 6.07) is 8.38. The molecule has 0 fully saturated rings. The van der Waals surface area contributed by atoms with Crippen molar-refractivity contribution in [1.82, 2.24) is 10.0 Å². The molecule has 148 valence electrons. The Morgan fingerprint density at radius 2 is 1.89 bits per heavy atom. The van der Waals surface area contributed by atoms with Crippen LogP contribution in [-0.4, -0.2) is 48.7 Å². The number of aliphatic imine (C=N–C) groups is 1. The fraction of sp³-hybridized carbons (Fsp3) is 0.312. The quantitative estimate of drug-likeness (QED) is 0.336. The highest BCUT2D eigenvalue weighted by atomic mass is 35.5. The Balaban J connectivity index is 1.87. The third kappa shape index (κ3) is 5.99. The lowest BCUT2D eigenvalue weighted by molar-refractivity contribution is 0.355. The summed E-state index contributed by atoms with van der Waals surface area (Å²) in [5, 5.41) is 6.13. The lowest BCUT2D eigenvalue weighted by Crippen LogP contribution is -2.37. The molecule has 0 saturated carbocycles. The van der Waals surface area contributed by atoms with Crippen molar-refractivity contribution >= 4 is 44.6 Å². The van der Waals surface area contributed by atoms with Crippen molar-refractivity contribution in [2.75, 3.05) is 39.7 Å². The first-order chi connectivity index (χ1) is 12.9. The van der Waals surface area contributed by atoms with Crippen LogP contribution < -0.4 is 24.8 Å². The molecule has 27 heavy (non-hydrogen) atoms. The van der Waals surface area contributed by atoms with Gasteiger partial charge in [0.05, 0.1) is 18.6 Å². The van der Waals surface area contributed by atoms with Gasteiger partial charge in [0.15, 0.2) is 17.5 Å². The van der Waals surface area contributed by atoms with Gasteiger partial charge < -0.3 is 20.1 Å². The number of benzene rings is 1. The van der Waals surface area contributed by atoms with E-state index in [0.29, 0.717) is 28.3 Å². The first-order valence-corrected chi connectivity index (χ1v) is 10.5. The molecule has 0 bridgehead atoms. The molecule has 11 heteroatoms. The van der Waals surface area contributed by atoms with Crippen LogP contribution in [0.2, 0.25) is 4.34 Å². The monoisotopic (exact) mass is 432 g/mol. The van der Waals surface area contributed by atoms with Gasteiger partial charge in [-0.25, -0.2) is 13.1 Å². The first-order valence-electron chi connectivity index (χ1n) is 7.84. The highest BCUT2D eigenvalue weighted by Gasteiger charge is 2.15. The number of hydrogen-bond acceptors (Lipinski definition) is 6.